The third kappa shape index (κ3) is 3.05. The lowest BCUT2D eigenvalue weighted by atomic mass is 9.76. The van der Waals surface area contributed by atoms with E-state index in [0.717, 1.165) is 42.8 Å². The van der Waals surface area contributed by atoms with Gasteiger partial charge in [0.15, 0.2) is 5.82 Å². The van der Waals surface area contributed by atoms with E-state index in [1.165, 1.54) is 5.56 Å². The minimum absolute atomic E-state index is 0.0419. The van der Waals surface area contributed by atoms with Crippen LogP contribution in [0.5, 0.6) is 0 Å². The summed E-state index contributed by atoms with van der Waals surface area (Å²) in [6.07, 6.45) is 3.83. The largest absolute Gasteiger partial charge is 0.344 e. The maximum Gasteiger partial charge on any atom is 0.217 e. The molecule has 6 heteroatoms. The molecule has 1 fully saturated rings. The minimum Gasteiger partial charge on any atom is -0.344 e. The molecule has 1 saturated carbocycles. The molecule has 1 aromatic heterocycles. The molecule has 1 aliphatic rings. The number of aryl methyl sites for hydroxylation is 2. The number of carbonyl (C=O) groups is 1. The molecule has 6 nitrogen and oxygen atoms in total. The lowest BCUT2D eigenvalue weighted by Gasteiger charge is -2.38. The monoisotopic (exact) mass is 327 g/mol. The first-order valence-electron chi connectivity index (χ1n) is 8.56. The highest BCUT2D eigenvalue weighted by Gasteiger charge is 2.41. The summed E-state index contributed by atoms with van der Waals surface area (Å²) >= 11 is 0. The third-order valence-corrected chi connectivity index (χ3v) is 5.02. The van der Waals surface area contributed by atoms with Crippen LogP contribution in [0.15, 0.2) is 18.2 Å². The summed E-state index contributed by atoms with van der Waals surface area (Å²) in [6, 6.07) is 6.22. The van der Waals surface area contributed by atoms with Crippen LogP contribution in [-0.2, 0) is 10.3 Å². The number of carbonyl (C=O) groups excluding carboxylic acids is 1. The maximum absolute atomic E-state index is 11.9. The van der Waals surface area contributed by atoms with E-state index < -0.39 is 5.54 Å². The van der Waals surface area contributed by atoms with Crippen LogP contribution in [-0.4, -0.2) is 26.1 Å². The van der Waals surface area contributed by atoms with Crippen LogP contribution < -0.4 is 5.32 Å². The molecule has 1 heterocycles. The lowest BCUT2D eigenvalue weighted by Crippen LogP contribution is -2.49. The molecule has 0 spiro atoms. The molecule has 128 valence electrons. The Hall–Kier alpha value is -2.24. The van der Waals surface area contributed by atoms with Gasteiger partial charge in [0.25, 0.3) is 0 Å². The van der Waals surface area contributed by atoms with Crippen molar-refractivity contribution in [2.24, 2.45) is 5.92 Å². The summed E-state index contributed by atoms with van der Waals surface area (Å²) < 4.78 is 1.79. The Bertz CT molecular complexity index is 744. The first-order chi connectivity index (χ1) is 11.4. The van der Waals surface area contributed by atoms with E-state index in [4.69, 9.17) is 0 Å². The molecule has 0 saturated heterocycles. The van der Waals surface area contributed by atoms with Crippen LogP contribution in [0.4, 0.5) is 0 Å². The molecule has 1 N–H and O–H groups in total. The second-order valence-electron chi connectivity index (χ2n) is 7.15. The summed E-state index contributed by atoms with van der Waals surface area (Å²) in [4.78, 5) is 11.9. The number of benzene rings is 1. The van der Waals surface area contributed by atoms with E-state index in [-0.39, 0.29) is 5.91 Å². The second-order valence-corrected chi connectivity index (χ2v) is 7.15. The van der Waals surface area contributed by atoms with E-state index in [1.807, 2.05) is 6.07 Å². The van der Waals surface area contributed by atoms with Crippen molar-refractivity contribution in [3.05, 3.63) is 35.2 Å². The van der Waals surface area contributed by atoms with Gasteiger partial charge in [0, 0.05) is 6.92 Å². The molecule has 2 aromatic rings. The third-order valence-electron chi connectivity index (χ3n) is 5.02. The Morgan fingerprint density at radius 2 is 2.00 bits per heavy atom. The average Bonchev–Trinajstić information content (AvgIpc) is 2.99. The van der Waals surface area contributed by atoms with Crippen molar-refractivity contribution >= 4 is 5.91 Å². The van der Waals surface area contributed by atoms with Crippen molar-refractivity contribution in [2.75, 3.05) is 0 Å². The first-order valence-corrected chi connectivity index (χ1v) is 8.56. The van der Waals surface area contributed by atoms with Gasteiger partial charge in [-0.05, 0) is 67.5 Å². The van der Waals surface area contributed by atoms with E-state index >= 15 is 0 Å². The number of rotatable bonds is 3. The molecule has 0 radical (unpaired) electrons. The zero-order valence-electron chi connectivity index (χ0n) is 14.8. The Kier molecular flexibility index (Phi) is 4.39. The smallest absolute Gasteiger partial charge is 0.217 e. The Morgan fingerprint density at radius 1 is 1.29 bits per heavy atom. The van der Waals surface area contributed by atoms with Gasteiger partial charge in [0.2, 0.25) is 5.91 Å². The highest BCUT2D eigenvalue weighted by molar-refractivity contribution is 5.74. The fourth-order valence-electron chi connectivity index (χ4n) is 3.69. The number of amides is 1. The van der Waals surface area contributed by atoms with Gasteiger partial charge in [-0.25, -0.2) is 0 Å². The number of nitrogens with zero attached hydrogens (tertiary/aromatic N) is 4. The summed E-state index contributed by atoms with van der Waals surface area (Å²) in [5.74, 6) is 1.36. The molecule has 3 rings (SSSR count). The van der Waals surface area contributed by atoms with Gasteiger partial charge < -0.3 is 5.32 Å². The van der Waals surface area contributed by atoms with E-state index in [0.29, 0.717) is 5.92 Å². The SMILES string of the molecule is CC(=O)NC1(c2nnnn2-c2ccc(C)cc2C)CCC(C)CC1. The van der Waals surface area contributed by atoms with Crippen molar-refractivity contribution in [2.45, 2.75) is 58.9 Å². The molecule has 24 heavy (non-hydrogen) atoms. The first kappa shape index (κ1) is 16.6. The van der Waals surface area contributed by atoms with Gasteiger partial charge in [-0.1, -0.05) is 24.6 Å². The van der Waals surface area contributed by atoms with Gasteiger partial charge in [-0.2, -0.15) is 4.68 Å². The van der Waals surface area contributed by atoms with Crippen LogP contribution in [0.2, 0.25) is 0 Å². The fourth-order valence-corrected chi connectivity index (χ4v) is 3.69. The standard InChI is InChI=1S/C18H25N5O/c1-12-7-9-18(10-8-12,19-15(4)24)17-20-21-22-23(17)16-6-5-13(2)11-14(16)3/h5-6,11-12H,7-10H2,1-4H3,(H,19,24). The Balaban J connectivity index is 2.07. The van der Waals surface area contributed by atoms with Crippen LogP contribution in [0, 0.1) is 19.8 Å². The fraction of sp³-hybridized carbons (Fsp3) is 0.556. The molecule has 0 unspecified atom stereocenters. The number of hydrogen-bond acceptors (Lipinski definition) is 4. The number of nitrogens with one attached hydrogen (secondary N) is 1. The highest BCUT2D eigenvalue weighted by atomic mass is 16.1. The number of tetrazole rings is 1. The van der Waals surface area contributed by atoms with Gasteiger partial charge in [0.05, 0.1) is 5.69 Å². The average molecular weight is 327 g/mol. The van der Waals surface area contributed by atoms with Crippen molar-refractivity contribution in [1.82, 2.24) is 25.5 Å². The van der Waals surface area contributed by atoms with Crippen molar-refractivity contribution in [3.8, 4) is 5.69 Å². The van der Waals surface area contributed by atoms with Gasteiger partial charge >= 0.3 is 0 Å². The topological polar surface area (TPSA) is 72.7 Å². The van der Waals surface area contributed by atoms with Crippen molar-refractivity contribution in [1.29, 1.82) is 0 Å². The molecule has 0 aliphatic heterocycles. The molecular formula is C18H25N5O. The molecular weight excluding hydrogens is 302 g/mol. The molecule has 0 atom stereocenters. The van der Waals surface area contributed by atoms with Crippen LogP contribution >= 0.6 is 0 Å². The highest BCUT2D eigenvalue weighted by Crippen LogP contribution is 2.39. The van der Waals surface area contributed by atoms with Crippen LogP contribution in [0.25, 0.3) is 5.69 Å². The quantitative estimate of drug-likeness (QED) is 0.941. The van der Waals surface area contributed by atoms with E-state index in [9.17, 15) is 4.79 Å². The normalized spacial score (nSPS) is 23.9. The van der Waals surface area contributed by atoms with E-state index in [2.05, 4.69) is 53.7 Å². The lowest BCUT2D eigenvalue weighted by molar-refractivity contribution is -0.121. The summed E-state index contributed by atoms with van der Waals surface area (Å²) in [5.41, 5.74) is 2.79. The predicted octanol–water partition coefficient (Wildman–Crippen LogP) is 2.82. The molecule has 0 bridgehead atoms. The number of hydrogen-bond donors (Lipinski definition) is 1. The van der Waals surface area contributed by atoms with Gasteiger partial charge in [0.1, 0.15) is 5.54 Å². The molecule has 1 amide bonds. The zero-order chi connectivity index (χ0) is 17.3. The number of aromatic nitrogens is 4. The molecule has 1 aromatic carbocycles. The van der Waals surface area contributed by atoms with Gasteiger partial charge in [-0.15, -0.1) is 5.10 Å². The van der Waals surface area contributed by atoms with Crippen LogP contribution in [0.3, 0.4) is 0 Å². The summed E-state index contributed by atoms with van der Waals surface area (Å²) in [7, 11) is 0. The van der Waals surface area contributed by atoms with Crippen molar-refractivity contribution < 1.29 is 4.79 Å². The maximum atomic E-state index is 11.9. The van der Waals surface area contributed by atoms with Gasteiger partial charge in [-0.3, -0.25) is 4.79 Å². The van der Waals surface area contributed by atoms with Crippen molar-refractivity contribution in [3.63, 3.8) is 0 Å². The Labute approximate surface area is 142 Å². The minimum atomic E-state index is -0.487. The second kappa shape index (κ2) is 6.34. The van der Waals surface area contributed by atoms with E-state index in [1.54, 1.807) is 11.6 Å². The zero-order valence-corrected chi connectivity index (χ0v) is 14.8. The molecule has 1 aliphatic carbocycles. The Morgan fingerprint density at radius 3 is 2.62 bits per heavy atom. The summed E-state index contributed by atoms with van der Waals surface area (Å²) in [6.45, 7) is 7.94. The predicted molar refractivity (Wildman–Crippen MR) is 91.8 cm³/mol. The van der Waals surface area contributed by atoms with Crippen LogP contribution in [0.1, 0.15) is 56.5 Å². The summed E-state index contributed by atoms with van der Waals surface area (Å²) in [5, 5.41) is 15.6.